The molecular formula is C24H27N3O4S. The third-order valence-electron chi connectivity index (χ3n) is 6.24. The van der Waals surface area contributed by atoms with E-state index in [1.165, 1.54) is 6.20 Å². The molecule has 1 aliphatic heterocycles. The number of sulfone groups is 1. The molecule has 2 saturated carbocycles. The highest BCUT2D eigenvalue weighted by molar-refractivity contribution is 7.92. The van der Waals surface area contributed by atoms with Gasteiger partial charge in [-0.15, -0.1) is 0 Å². The van der Waals surface area contributed by atoms with Gasteiger partial charge in [-0.2, -0.15) is 0 Å². The zero-order valence-electron chi connectivity index (χ0n) is 18.1. The summed E-state index contributed by atoms with van der Waals surface area (Å²) in [7, 11) is -3.30. The Labute approximate surface area is 188 Å². The van der Waals surface area contributed by atoms with Gasteiger partial charge in [-0.25, -0.2) is 13.4 Å². The molecule has 1 atom stereocenters. The number of benzene rings is 1. The molecule has 1 amide bonds. The average molecular weight is 454 g/mol. The lowest BCUT2D eigenvalue weighted by molar-refractivity contribution is -0.111. The van der Waals surface area contributed by atoms with Crippen LogP contribution in [-0.2, 0) is 19.4 Å². The predicted octanol–water partition coefficient (Wildman–Crippen LogP) is 3.66. The van der Waals surface area contributed by atoms with E-state index in [4.69, 9.17) is 4.74 Å². The van der Waals surface area contributed by atoms with Crippen molar-refractivity contribution in [3.05, 3.63) is 53.5 Å². The normalized spacial score (nSPS) is 21.5. The van der Waals surface area contributed by atoms with Crippen LogP contribution < -0.4 is 5.32 Å². The van der Waals surface area contributed by atoms with Gasteiger partial charge in [-0.3, -0.25) is 9.78 Å². The maximum absolute atomic E-state index is 13.3. The highest BCUT2D eigenvalue weighted by atomic mass is 32.2. The van der Waals surface area contributed by atoms with Crippen molar-refractivity contribution < 1.29 is 17.9 Å². The van der Waals surface area contributed by atoms with E-state index >= 15 is 0 Å². The van der Waals surface area contributed by atoms with Crippen molar-refractivity contribution >= 4 is 27.1 Å². The molecule has 2 aliphatic carbocycles. The quantitative estimate of drug-likeness (QED) is 0.643. The van der Waals surface area contributed by atoms with Crippen LogP contribution >= 0.6 is 0 Å². The molecule has 5 rings (SSSR count). The largest absolute Gasteiger partial charge is 0.381 e. The molecule has 1 aromatic carbocycles. The van der Waals surface area contributed by atoms with Crippen LogP contribution in [0.1, 0.15) is 54.8 Å². The lowest BCUT2D eigenvalue weighted by Gasteiger charge is -2.15. The molecule has 2 heterocycles. The molecule has 7 nitrogen and oxygen atoms in total. The van der Waals surface area contributed by atoms with Crippen LogP contribution in [0.15, 0.2) is 41.6 Å². The number of aromatic nitrogens is 2. The number of hydrogen-bond acceptors (Lipinski definition) is 6. The second kappa shape index (κ2) is 8.41. The fourth-order valence-electron chi connectivity index (χ4n) is 4.11. The molecule has 0 bridgehead atoms. The number of rotatable bonds is 7. The Bertz CT molecular complexity index is 1160. The third kappa shape index (κ3) is 4.47. The number of ether oxygens (including phenoxy) is 1. The molecule has 1 saturated heterocycles. The maximum atomic E-state index is 13.3. The molecule has 168 valence electrons. The molecule has 8 heteroatoms. The van der Waals surface area contributed by atoms with E-state index in [0.717, 1.165) is 48.9 Å². The minimum atomic E-state index is -3.30. The van der Waals surface area contributed by atoms with Crippen molar-refractivity contribution in [3.63, 3.8) is 0 Å². The maximum Gasteiger partial charge on any atom is 0.257 e. The number of nitrogens with zero attached hydrogens (tertiary/aromatic N) is 2. The molecule has 2 aromatic rings. The monoisotopic (exact) mass is 453 g/mol. The Hall–Kier alpha value is -2.58. The first-order valence-electron chi connectivity index (χ1n) is 11.2. The Balaban J connectivity index is 1.51. The number of amides is 1. The zero-order valence-corrected chi connectivity index (χ0v) is 18.9. The molecule has 1 N–H and O–H groups in total. The van der Waals surface area contributed by atoms with E-state index in [-0.39, 0.29) is 23.0 Å². The number of hydrogen-bond donors (Lipinski definition) is 1. The first kappa shape index (κ1) is 21.3. The lowest BCUT2D eigenvalue weighted by atomic mass is 9.96. The highest BCUT2D eigenvalue weighted by Gasteiger charge is 2.40. The molecule has 1 aromatic heterocycles. The molecule has 3 fully saturated rings. The first-order valence-corrected chi connectivity index (χ1v) is 12.7. The van der Waals surface area contributed by atoms with Crippen LogP contribution in [-0.4, -0.2) is 42.8 Å². The Morgan fingerprint density at radius 1 is 1.12 bits per heavy atom. The Kier molecular flexibility index (Phi) is 5.59. The minimum absolute atomic E-state index is 0.138. The SMILES string of the molecule is Cc1cnc(NC(=O)/C(=C/C2CCOC2)c2ccc(S(=O)(=O)C3CC3)c(C3CC3)c2)cn1. The summed E-state index contributed by atoms with van der Waals surface area (Å²) in [5.41, 5.74) is 2.86. The van der Waals surface area contributed by atoms with Gasteiger partial charge in [0.15, 0.2) is 15.7 Å². The van der Waals surface area contributed by atoms with Gasteiger partial charge in [0.05, 0.1) is 34.8 Å². The van der Waals surface area contributed by atoms with E-state index in [9.17, 15) is 13.2 Å². The molecule has 3 aliphatic rings. The summed E-state index contributed by atoms with van der Waals surface area (Å²) < 4.78 is 31.5. The lowest BCUT2D eigenvalue weighted by Crippen LogP contribution is -2.17. The van der Waals surface area contributed by atoms with Crippen molar-refractivity contribution in [1.29, 1.82) is 0 Å². The van der Waals surface area contributed by atoms with Crippen molar-refractivity contribution in [3.8, 4) is 0 Å². The summed E-state index contributed by atoms with van der Waals surface area (Å²) in [4.78, 5) is 22.1. The molecule has 0 spiro atoms. The van der Waals surface area contributed by atoms with Crippen LogP contribution in [0.25, 0.3) is 5.57 Å². The summed E-state index contributed by atoms with van der Waals surface area (Å²) >= 11 is 0. The van der Waals surface area contributed by atoms with Crippen molar-refractivity contribution in [1.82, 2.24) is 9.97 Å². The third-order valence-corrected chi connectivity index (χ3v) is 8.58. The minimum Gasteiger partial charge on any atom is -0.381 e. The second-order valence-electron chi connectivity index (χ2n) is 8.97. The fourth-order valence-corrected chi connectivity index (χ4v) is 6.04. The van der Waals surface area contributed by atoms with Crippen molar-refractivity contribution in [2.45, 2.75) is 55.1 Å². The number of anilines is 1. The van der Waals surface area contributed by atoms with Gasteiger partial charge >= 0.3 is 0 Å². The van der Waals surface area contributed by atoms with Crippen molar-refractivity contribution in [2.75, 3.05) is 18.5 Å². The van der Waals surface area contributed by atoms with Crippen LogP contribution in [0.3, 0.4) is 0 Å². The van der Waals surface area contributed by atoms with Gasteiger partial charge in [-0.05, 0) is 68.2 Å². The highest BCUT2D eigenvalue weighted by Crippen LogP contribution is 2.46. The summed E-state index contributed by atoms with van der Waals surface area (Å²) in [5.74, 6) is 0.485. The topological polar surface area (TPSA) is 98.2 Å². The first-order chi connectivity index (χ1) is 15.4. The van der Waals surface area contributed by atoms with Gasteiger partial charge in [0.1, 0.15) is 0 Å². The second-order valence-corrected chi connectivity index (χ2v) is 11.2. The number of aryl methyl sites for hydroxylation is 1. The molecule has 0 radical (unpaired) electrons. The molecular weight excluding hydrogens is 426 g/mol. The summed E-state index contributed by atoms with van der Waals surface area (Å²) in [5, 5.41) is 2.59. The van der Waals surface area contributed by atoms with E-state index in [0.29, 0.717) is 29.5 Å². The van der Waals surface area contributed by atoms with E-state index in [1.807, 2.05) is 19.1 Å². The molecule has 1 unspecified atom stereocenters. The van der Waals surface area contributed by atoms with Gasteiger partial charge in [-0.1, -0.05) is 12.1 Å². The van der Waals surface area contributed by atoms with Crippen molar-refractivity contribution in [2.24, 2.45) is 5.92 Å². The number of carbonyl (C=O) groups excluding carboxylic acids is 1. The van der Waals surface area contributed by atoms with E-state index in [1.54, 1.807) is 18.3 Å². The summed E-state index contributed by atoms with van der Waals surface area (Å²) in [6.07, 6.45) is 9.38. The zero-order chi connectivity index (χ0) is 22.3. The van der Waals surface area contributed by atoms with E-state index < -0.39 is 9.84 Å². The summed E-state index contributed by atoms with van der Waals surface area (Å²) in [6.45, 7) is 3.08. The summed E-state index contributed by atoms with van der Waals surface area (Å²) in [6, 6.07) is 5.38. The average Bonchev–Trinajstić information content (AvgIpc) is 3.71. The smallest absolute Gasteiger partial charge is 0.257 e. The fraction of sp³-hybridized carbons (Fsp3) is 0.458. The van der Waals surface area contributed by atoms with Gasteiger partial charge < -0.3 is 10.1 Å². The van der Waals surface area contributed by atoms with Crippen LogP contribution in [0.2, 0.25) is 0 Å². The van der Waals surface area contributed by atoms with E-state index in [2.05, 4.69) is 15.3 Å². The molecule has 32 heavy (non-hydrogen) atoms. The van der Waals surface area contributed by atoms with Crippen LogP contribution in [0.5, 0.6) is 0 Å². The van der Waals surface area contributed by atoms with Gasteiger partial charge in [0.2, 0.25) is 0 Å². The standard InChI is InChI=1S/C24H27N3O4S/c1-15-12-26-23(13-25-15)27-24(28)21(10-16-8-9-31-14-16)18-4-7-22(20(11-18)17-2-3-17)32(29,30)19-5-6-19/h4,7,10-13,16-17,19H,2-3,5-6,8-9,14H2,1H3,(H,26,27,28)/b21-10+. The van der Waals surface area contributed by atoms with Crippen LogP contribution in [0.4, 0.5) is 5.82 Å². The predicted molar refractivity (Wildman–Crippen MR) is 121 cm³/mol. The van der Waals surface area contributed by atoms with Gasteiger partial charge in [0.25, 0.3) is 5.91 Å². The Morgan fingerprint density at radius 3 is 2.56 bits per heavy atom. The Morgan fingerprint density at radius 2 is 1.94 bits per heavy atom. The number of nitrogens with one attached hydrogen (secondary N) is 1. The number of carbonyl (C=O) groups is 1. The van der Waals surface area contributed by atoms with Crippen LogP contribution in [0, 0.1) is 12.8 Å². The van der Waals surface area contributed by atoms with Gasteiger partial charge in [0, 0.05) is 18.1 Å².